The van der Waals surface area contributed by atoms with Crippen molar-refractivity contribution in [1.82, 2.24) is 4.90 Å². The predicted molar refractivity (Wildman–Crippen MR) is 83.4 cm³/mol. The number of amides is 2. The second kappa shape index (κ2) is 5.88. The van der Waals surface area contributed by atoms with E-state index in [0.717, 1.165) is 4.90 Å². The predicted octanol–water partition coefficient (Wildman–Crippen LogP) is 2.50. The van der Waals surface area contributed by atoms with Gasteiger partial charge in [0.05, 0.1) is 18.2 Å². The topological polar surface area (TPSA) is 63.7 Å². The molecule has 0 spiro atoms. The van der Waals surface area contributed by atoms with E-state index < -0.39 is 17.8 Å². The summed E-state index contributed by atoms with van der Waals surface area (Å²) in [6.45, 7) is 0. The fourth-order valence-electron chi connectivity index (χ4n) is 2.43. The van der Waals surface area contributed by atoms with Crippen LogP contribution in [0.1, 0.15) is 26.3 Å². The first-order valence-corrected chi connectivity index (χ1v) is 6.96. The Hall–Kier alpha value is -3.21. The smallest absolute Gasteiger partial charge is 0.355 e. The van der Waals surface area contributed by atoms with Crippen molar-refractivity contribution in [3.8, 4) is 0 Å². The molecular weight excluding hydrogens is 294 g/mol. The van der Waals surface area contributed by atoms with Gasteiger partial charge in [-0.3, -0.25) is 9.59 Å². The molecule has 0 bridgehead atoms. The molecule has 0 aliphatic carbocycles. The zero-order valence-electron chi connectivity index (χ0n) is 12.4. The lowest BCUT2D eigenvalue weighted by Crippen LogP contribution is -2.33. The number of carbonyl (C=O) groups excluding carboxylic acids is 3. The maximum absolute atomic E-state index is 12.5. The van der Waals surface area contributed by atoms with Gasteiger partial charge in [-0.1, -0.05) is 42.5 Å². The van der Waals surface area contributed by atoms with Gasteiger partial charge in [0.25, 0.3) is 11.8 Å². The third-order valence-corrected chi connectivity index (χ3v) is 3.53. The van der Waals surface area contributed by atoms with E-state index in [9.17, 15) is 14.4 Å². The lowest BCUT2D eigenvalue weighted by molar-refractivity contribution is -0.137. The van der Waals surface area contributed by atoms with Gasteiger partial charge in [-0.2, -0.15) is 0 Å². The van der Waals surface area contributed by atoms with Crippen molar-refractivity contribution in [3.63, 3.8) is 0 Å². The summed E-state index contributed by atoms with van der Waals surface area (Å²) in [6.07, 6.45) is 1.47. The van der Waals surface area contributed by atoms with E-state index in [1.165, 1.54) is 13.2 Å². The van der Waals surface area contributed by atoms with Crippen molar-refractivity contribution in [3.05, 3.63) is 77.0 Å². The van der Waals surface area contributed by atoms with E-state index in [4.69, 9.17) is 4.74 Å². The highest BCUT2D eigenvalue weighted by molar-refractivity contribution is 6.25. The van der Waals surface area contributed by atoms with Crippen molar-refractivity contribution in [2.45, 2.75) is 0 Å². The maximum Gasteiger partial charge on any atom is 0.355 e. The van der Waals surface area contributed by atoms with E-state index in [1.807, 2.05) is 6.07 Å². The molecule has 2 amide bonds. The molecule has 0 unspecified atom stereocenters. The molecule has 1 aliphatic heterocycles. The molecule has 114 valence electrons. The average Bonchev–Trinajstić information content (AvgIpc) is 2.85. The monoisotopic (exact) mass is 307 g/mol. The minimum absolute atomic E-state index is 0.107. The van der Waals surface area contributed by atoms with Crippen molar-refractivity contribution in [2.24, 2.45) is 0 Å². The van der Waals surface area contributed by atoms with Gasteiger partial charge in [0, 0.05) is 0 Å². The Morgan fingerprint density at radius 1 is 0.913 bits per heavy atom. The Bertz CT molecular complexity index is 789. The molecule has 0 N–H and O–H groups in total. The van der Waals surface area contributed by atoms with Crippen LogP contribution in [0.5, 0.6) is 0 Å². The third kappa shape index (κ3) is 2.53. The fraction of sp³-hybridized carbons (Fsp3) is 0.0556. The van der Waals surface area contributed by atoms with Gasteiger partial charge < -0.3 is 4.74 Å². The van der Waals surface area contributed by atoms with Crippen LogP contribution in [0, 0.1) is 0 Å². The van der Waals surface area contributed by atoms with E-state index in [1.54, 1.807) is 48.5 Å². The zero-order valence-corrected chi connectivity index (χ0v) is 12.4. The van der Waals surface area contributed by atoms with Crippen LogP contribution in [0.4, 0.5) is 0 Å². The maximum atomic E-state index is 12.5. The molecule has 3 rings (SSSR count). The first kappa shape index (κ1) is 14.7. The van der Waals surface area contributed by atoms with Crippen LogP contribution in [0.15, 0.2) is 60.3 Å². The summed E-state index contributed by atoms with van der Waals surface area (Å²) < 4.78 is 4.74. The summed E-state index contributed by atoms with van der Waals surface area (Å²) in [4.78, 5) is 38.0. The summed E-state index contributed by atoms with van der Waals surface area (Å²) in [5.74, 6) is -1.81. The van der Waals surface area contributed by atoms with Crippen molar-refractivity contribution < 1.29 is 19.1 Å². The number of fused-ring (bicyclic) bond motifs is 1. The Labute approximate surface area is 132 Å². The van der Waals surface area contributed by atoms with E-state index >= 15 is 0 Å². The molecule has 5 nitrogen and oxygen atoms in total. The molecule has 0 atom stereocenters. The number of ether oxygens (including phenoxy) is 1. The van der Waals surface area contributed by atoms with Crippen LogP contribution in [-0.4, -0.2) is 29.8 Å². The van der Waals surface area contributed by atoms with Gasteiger partial charge in [0.2, 0.25) is 0 Å². The number of imide groups is 1. The van der Waals surface area contributed by atoms with Crippen LogP contribution in [0.25, 0.3) is 6.08 Å². The van der Waals surface area contributed by atoms with Crippen LogP contribution < -0.4 is 0 Å². The Kier molecular flexibility index (Phi) is 3.76. The van der Waals surface area contributed by atoms with Crippen LogP contribution in [-0.2, 0) is 9.53 Å². The summed E-state index contributed by atoms with van der Waals surface area (Å²) >= 11 is 0. The number of hydrogen-bond acceptors (Lipinski definition) is 4. The summed E-state index contributed by atoms with van der Waals surface area (Å²) in [5.41, 5.74) is 1.13. The first-order valence-electron chi connectivity index (χ1n) is 6.96. The highest BCUT2D eigenvalue weighted by Crippen LogP contribution is 2.27. The number of methoxy groups -OCH3 is 1. The number of nitrogens with zero attached hydrogens (tertiary/aromatic N) is 1. The van der Waals surface area contributed by atoms with E-state index in [0.29, 0.717) is 5.56 Å². The molecule has 0 radical (unpaired) electrons. The highest BCUT2D eigenvalue weighted by Gasteiger charge is 2.40. The number of esters is 1. The fourth-order valence-corrected chi connectivity index (χ4v) is 2.43. The molecule has 0 fully saturated rings. The molecule has 1 heterocycles. The lowest BCUT2D eigenvalue weighted by Gasteiger charge is -2.16. The molecule has 1 aliphatic rings. The largest absolute Gasteiger partial charge is 0.464 e. The number of hydrogen-bond donors (Lipinski definition) is 0. The number of benzene rings is 2. The molecule has 2 aromatic rings. The van der Waals surface area contributed by atoms with Crippen LogP contribution in [0.3, 0.4) is 0 Å². The average molecular weight is 307 g/mol. The van der Waals surface area contributed by atoms with Gasteiger partial charge in [-0.25, -0.2) is 9.69 Å². The third-order valence-electron chi connectivity index (χ3n) is 3.53. The minimum atomic E-state index is -0.747. The second-order valence-electron chi connectivity index (χ2n) is 4.92. The van der Waals surface area contributed by atoms with Gasteiger partial charge in [-0.05, 0) is 23.8 Å². The highest BCUT2D eigenvalue weighted by atomic mass is 16.5. The summed E-state index contributed by atoms with van der Waals surface area (Å²) in [5, 5.41) is 0. The first-order chi connectivity index (χ1) is 11.1. The van der Waals surface area contributed by atoms with Crippen LogP contribution >= 0.6 is 0 Å². The Morgan fingerprint density at radius 3 is 1.96 bits per heavy atom. The van der Waals surface area contributed by atoms with Crippen molar-refractivity contribution in [2.75, 3.05) is 7.11 Å². The lowest BCUT2D eigenvalue weighted by atomic mass is 10.1. The number of carbonyl (C=O) groups is 3. The van der Waals surface area contributed by atoms with Gasteiger partial charge in [0.15, 0.2) is 0 Å². The second-order valence-corrected chi connectivity index (χ2v) is 4.92. The molecule has 2 aromatic carbocycles. The standard InChI is InChI=1S/C18H13NO4/c1-23-18(22)15(11-12-7-3-2-4-8-12)19-16(20)13-9-5-6-10-14(13)17(19)21/h2-11H,1H3/b15-11+. The van der Waals surface area contributed by atoms with Gasteiger partial charge in [-0.15, -0.1) is 0 Å². The van der Waals surface area contributed by atoms with Crippen LogP contribution in [0.2, 0.25) is 0 Å². The van der Waals surface area contributed by atoms with E-state index in [-0.39, 0.29) is 16.8 Å². The van der Waals surface area contributed by atoms with Crippen molar-refractivity contribution in [1.29, 1.82) is 0 Å². The molecular formula is C18H13NO4. The molecule has 0 saturated carbocycles. The number of rotatable bonds is 3. The Balaban J connectivity index is 2.09. The molecule has 0 aromatic heterocycles. The zero-order chi connectivity index (χ0) is 16.4. The Morgan fingerprint density at radius 2 is 1.43 bits per heavy atom. The van der Waals surface area contributed by atoms with Crippen molar-refractivity contribution >= 4 is 23.9 Å². The van der Waals surface area contributed by atoms with Gasteiger partial charge in [0.1, 0.15) is 5.70 Å². The summed E-state index contributed by atoms with van der Waals surface area (Å²) in [6, 6.07) is 15.4. The quantitative estimate of drug-likeness (QED) is 0.496. The molecule has 5 heteroatoms. The van der Waals surface area contributed by atoms with Gasteiger partial charge >= 0.3 is 5.97 Å². The molecule has 0 saturated heterocycles. The minimum Gasteiger partial charge on any atom is -0.464 e. The normalized spacial score (nSPS) is 14.0. The molecule has 23 heavy (non-hydrogen) atoms. The van der Waals surface area contributed by atoms with E-state index in [2.05, 4.69) is 0 Å². The summed E-state index contributed by atoms with van der Waals surface area (Å²) in [7, 11) is 1.21. The SMILES string of the molecule is COC(=O)/C(=C\c1ccccc1)N1C(=O)c2ccccc2C1=O.